The second-order valence-electron chi connectivity index (χ2n) is 8.23. The zero-order valence-corrected chi connectivity index (χ0v) is 21.2. The maximum atomic E-state index is 13.5. The summed E-state index contributed by atoms with van der Waals surface area (Å²) in [6, 6.07) is 35.0. The Kier molecular flexibility index (Phi) is 7.67. The molecule has 0 atom stereocenters. The van der Waals surface area contributed by atoms with E-state index in [-0.39, 0.29) is 5.91 Å². The average molecular weight is 507 g/mol. The summed E-state index contributed by atoms with van der Waals surface area (Å²) in [7, 11) is 0. The second kappa shape index (κ2) is 11.6. The van der Waals surface area contributed by atoms with Crippen LogP contribution in [-0.4, -0.2) is 17.7 Å². The molecular formula is C31H26N2O3S. The number of thioether (sulfide) groups is 1. The van der Waals surface area contributed by atoms with E-state index in [1.165, 1.54) is 11.8 Å². The number of aliphatic imine (C=N–C) groups is 1. The Bertz CT molecular complexity index is 1420. The normalized spacial score (nSPS) is 15.4. The summed E-state index contributed by atoms with van der Waals surface area (Å²) in [6.07, 6.45) is 1.87. The topological polar surface area (TPSA) is 51.1 Å². The van der Waals surface area contributed by atoms with Crippen molar-refractivity contribution in [2.24, 2.45) is 4.99 Å². The van der Waals surface area contributed by atoms with Crippen molar-refractivity contribution in [2.75, 3.05) is 11.5 Å². The summed E-state index contributed by atoms with van der Waals surface area (Å²) in [5, 5.41) is 0.612. The van der Waals surface area contributed by atoms with Crippen LogP contribution >= 0.6 is 11.8 Å². The minimum atomic E-state index is -0.117. The molecule has 1 fully saturated rings. The van der Waals surface area contributed by atoms with Crippen molar-refractivity contribution in [2.45, 2.75) is 13.5 Å². The number of ether oxygens (including phenoxy) is 2. The number of nitrogens with zero attached hydrogens (tertiary/aromatic N) is 2. The van der Waals surface area contributed by atoms with Gasteiger partial charge in [-0.25, -0.2) is 4.99 Å². The molecule has 0 aliphatic carbocycles. The molecule has 0 spiro atoms. The Morgan fingerprint density at radius 1 is 0.811 bits per heavy atom. The smallest absolute Gasteiger partial charge is 0.271 e. The quantitative estimate of drug-likeness (QED) is 0.233. The largest absolute Gasteiger partial charge is 0.490 e. The third-order valence-electron chi connectivity index (χ3n) is 5.60. The Morgan fingerprint density at radius 2 is 1.49 bits per heavy atom. The molecule has 6 heteroatoms. The summed E-state index contributed by atoms with van der Waals surface area (Å²) >= 11 is 1.36. The van der Waals surface area contributed by atoms with E-state index in [1.807, 2.05) is 122 Å². The predicted octanol–water partition coefficient (Wildman–Crippen LogP) is 7.47. The van der Waals surface area contributed by atoms with Gasteiger partial charge < -0.3 is 9.47 Å². The lowest BCUT2D eigenvalue weighted by atomic mass is 10.1. The number of para-hydroxylation sites is 2. The summed E-state index contributed by atoms with van der Waals surface area (Å²) < 4.78 is 11.9. The number of carbonyl (C=O) groups excluding carboxylic acids is 1. The first-order chi connectivity index (χ1) is 18.2. The van der Waals surface area contributed by atoms with Crippen molar-refractivity contribution >= 4 is 40.3 Å². The highest BCUT2D eigenvalue weighted by Crippen LogP contribution is 2.38. The third-order valence-corrected chi connectivity index (χ3v) is 6.57. The van der Waals surface area contributed by atoms with Crippen molar-refractivity contribution < 1.29 is 14.3 Å². The van der Waals surface area contributed by atoms with Crippen LogP contribution in [0, 0.1) is 0 Å². The van der Waals surface area contributed by atoms with Gasteiger partial charge in [0.2, 0.25) is 0 Å². The molecular weight excluding hydrogens is 480 g/mol. The van der Waals surface area contributed by atoms with E-state index in [2.05, 4.69) is 0 Å². The van der Waals surface area contributed by atoms with Gasteiger partial charge in [0, 0.05) is 0 Å². The van der Waals surface area contributed by atoms with Gasteiger partial charge in [-0.2, -0.15) is 0 Å². The number of hydrogen-bond acceptors (Lipinski definition) is 5. The van der Waals surface area contributed by atoms with E-state index in [4.69, 9.17) is 14.5 Å². The van der Waals surface area contributed by atoms with E-state index in [1.54, 1.807) is 4.90 Å². The van der Waals surface area contributed by atoms with Gasteiger partial charge in [0.05, 0.1) is 22.9 Å². The van der Waals surface area contributed by atoms with Crippen molar-refractivity contribution in [3.05, 3.63) is 125 Å². The highest BCUT2D eigenvalue weighted by molar-refractivity contribution is 8.19. The van der Waals surface area contributed by atoms with E-state index in [9.17, 15) is 4.79 Å². The molecule has 1 saturated heterocycles. The molecule has 0 bridgehead atoms. The van der Waals surface area contributed by atoms with E-state index in [0.717, 1.165) is 22.5 Å². The van der Waals surface area contributed by atoms with Crippen LogP contribution in [0.4, 0.5) is 11.4 Å². The van der Waals surface area contributed by atoms with Crippen LogP contribution in [0.15, 0.2) is 119 Å². The fraction of sp³-hybridized carbons (Fsp3) is 0.0968. The lowest BCUT2D eigenvalue weighted by molar-refractivity contribution is -0.113. The number of rotatable bonds is 8. The molecule has 184 valence electrons. The maximum absolute atomic E-state index is 13.5. The molecule has 1 heterocycles. The SMILES string of the molecule is CCOc1cc(/C=C2/SC(=Nc3ccccc3)N(c3ccccc3)C2=O)ccc1OCc1ccccc1. The number of hydrogen-bond donors (Lipinski definition) is 0. The average Bonchev–Trinajstić information content (AvgIpc) is 3.24. The van der Waals surface area contributed by atoms with Gasteiger partial charge in [-0.3, -0.25) is 9.69 Å². The number of amidine groups is 1. The molecule has 5 nitrogen and oxygen atoms in total. The highest BCUT2D eigenvalue weighted by Gasteiger charge is 2.34. The molecule has 1 aliphatic rings. The number of anilines is 1. The lowest BCUT2D eigenvalue weighted by Gasteiger charge is -2.15. The van der Waals surface area contributed by atoms with Gasteiger partial charge in [0.1, 0.15) is 6.61 Å². The number of amides is 1. The molecule has 1 aliphatic heterocycles. The van der Waals surface area contributed by atoms with Gasteiger partial charge in [-0.05, 0) is 72.3 Å². The predicted molar refractivity (Wildman–Crippen MR) is 151 cm³/mol. The van der Waals surface area contributed by atoms with Crippen LogP contribution in [0.3, 0.4) is 0 Å². The van der Waals surface area contributed by atoms with Crippen LogP contribution in [-0.2, 0) is 11.4 Å². The highest BCUT2D eigenvalue weighted by atomic mass is 32.2. The zero-order valence-electron chi connectivity index (χ0n) is 20.4. The third kappa shape index (κ3) is 5.93. The van der Waals surface area contributed by atoms with Gasteiger partial charge in [0.15, 0.2) is 16.7 Å². The summed E-state index contributed by atoms with van der Waals surface area (Å²) in [5.41, 5.74) is 3.49. The molecule has 1 amide bonds. The van der Waals surface area contributed by atoms with Crippen molar-refractivity contribution in [1.29, 1.82) is 0 Å². The lowest BCUT2D eigenvalue weighted by Crippen LogP contribution is -2.28. The molecule has 0 N–H and O–H groups in total. The van der Waals surface area contributed by atoms with E-state index in [0.29, 0.717) is 34.8 Å². The zero-order chi connectivity index (χ0) is 25.5. The van der Waals surface area contributed by atoms with Crippen molar-refractivity contribution in [3.8, 4) is 11.5 Å². The molecule has 0 saturated carbocycles. The Labute approximate surface area is 221 Å². The Balaban J connectivity index is 1.44. The number of carbonyl (C=O) groups is 1. The van der Waals surface area contributed by atoms with Crippen LogP contribution in [0.5, 0.6) is 11.5 Å². The van der Waals surface area contributed by atoms with Gasteiger partial charge in [0.25, 0.3) is 5.91 Å². The molecule has 0 unspecified atom stereocenters. The van der Waals surface area contributed by atoms with E-state index < -0.39 is 0 Å². The molecule has 37 heavy (non-hydrogen) atoms. The Hall–Kier alpha value is -4.29. The van der Waals surface area contributed by atoms with E-state index >= 15 is 0 Å². The minimum Gasteiger partial charge on any atom is -0.490 e. The second-order valence-corrected chi connectivity index (χ2v) is 9.24. The fourth-order valence-electron chi connectivity index (χ4n) is 3.86. The molecule has 4 aromatic carbocycles. The molecule has 4 aromatic rings. The molecule has 0 aromatic heterocycles. The monoisotopic (exact) mass is 506 g/mol. The van der Waals surface area contributed by atoms with Crippen molar-refractivity contribution in [3.63, 3.8) is 0 Å². The van der Waals surface area contributed by atoms with Crippen molar-refractivity contribution in [1.82, 2.24) is 0 Å². The van der Waals surface area contributed by atoms with Gasteiger partial charge in [-0.15, -0.1) is 0 Å². The van der Waals surface area contributed by atoms with Crippen LogP contribution in [0.2, 0.25) is 0 Å². The minimum absolute atomic E-state index is 0.117. The maximum Gasteiger partial charge on any atom is 0.271 e. The van der Waals surface area contributed by atoms with Crippen LogP contribution < -0.4 is 14.4 Å². The standard InChI is InChI=1S/C31H26N2O3S/c1-2-35-28-20-24(18-19-27(28)36-22-23-12-6-3-7-13-23)21-29-30(34)33(26-16-10-5-11-17-26)31(37-29)32-25-14-8-4-9-15-25/h3-21H,2,22H2,1H3/b29-21+,32-31?. The molecule has 5 rings (SSSR count). The fourth-order valence-corrected chi connectivity index (χ4v) is 4.86. The van der Waals surface area contributed by atoms with Crippen LogP contribution in [0.1, 0.15) is 18.1 Å². The first kappa shape index (κ1) is 24.4. The van der Waals surface area contributed by atoms with Gasteiger partial charge in [-0.1, -0.05) is 72.8 Å². The first-order valence-corrected chi connectivity index (χ1v) is 12.9. The van der Waals surface area contributed by atoms with Crippen LogP contribution in [0.25, 0.3) is 6.08 Å². The Morgan fingerprint density at radius 3 is 2.19 bits per heavy atom. The summed E-state index contributed by atoms with van der Waals surface area (Å²) in [6.45, 7) is 2.89. The van der Waals surface area contributed by atoms with Gasteiger partial charge >= 0.3 is 0 Å². The molecule has 0 radical (unpaired) electrons. The summed E-state index contributed by atoms with van der Waals surface area (Å²) in [5.74, 6) is 1.19. The summed E-state index contributed by atoms with van der Waals surface area (Å²) in [4.78, 5) is 20.6. The first-order valence-electron chi connectivity index (χ1n) is 12.1. The number of benzene rings is 4.